The van der Waals surface area contributed by atoms with Crippen LogP contribution in [0.2, 0.25) is 0 Å². The van der Waals surface area contributed by atoms with Crippen molar-refractivity contribution < 1.29 is 4.79 Å². The molecule has 1 spiro atoms. The number of nitrogens with one attached hydrogen (secondary N) is 3. The van der Waals surface area contributed by atoms with Crippen molar-refractivity contribution in [3.63, 3.8) is 0 Å². The number of hydrogen-bond acceptors (Lipinski definition) is 7. The second-order valence-corrected chi connectivity index (χ2v) is 10.2. The van der Waals surface area contributed by atoms with Gasteiger partial charge in [0.05, 0.1) is 17.4 Å². The van der Waals surface area contributed by atoms with E-state index in [9.17, 15) is 4.79 Å². The van der Waals surface area contributed by atoms with E-state index in [-0.39, 0.29) is 11.4 Å². The summed E-state index contributed by atoms with van der Waals surface area (Å²) in [6.07, 6.45) is 9.42. The minimum atomic E-state index is -0.0909. The van der Waals surface area contributed by atoms with Gasteiger partial charge in [-0.3, -0.25) is 4.79 Å². The molecule has 1 saturated carbocycles. The number of nitrogens with zero attached hydrogens (tertiary/aromatic N) is 5. The van der Waals surface area contributed by atoms with Gasteiger partial charge in [0.15, 0.2) is 0 Å². The summed E-state index contributed by atoms with van der Waals surface area (Å²) in [7, 11) is 0. The van der Waals surface area contributed by atoms with Crippen molar-refractivity contribution in [1.82, 2.24) is 30.2 Å². The summed E-state index contributed by atoms with van der Waals surface area (Å²) in [5.41, 5.74) is 2.54. The molecule has 2 fully saturated rings. The van der Waals surface area contributed by atoms with E-state index in [4.69, 9.17) is 4.98 Å². The standard InChI is InChI=1S/C25H32N8O/c1-16-13-32(14-17(2)29-16)19-6-7-21(26-12-19)30-24-27-11-18-10-20-23(34)28-15-25(8-4-3-5-9-25)33(20)22(18)31-24/h6-7,10-12,16-17,29H,3-5,8-9,13-15H2,1-2H3,(H,28,34)(H,26,27,30,31). The topological polar surface area (TPSA) is 100 Å². The largest absolute Gasteiger partial charge is 0.367 e. The molecule has 2 aliphatic heterocycles. The molecule has 9 heteroatoms. The summed E-state index contributed by atoms with van der Waals surface area (Å²) >= 11 is 0. The van der Waals surface area contributed by atoms with Crippen LogP contribution >= 0.6 is 0 Å². The number of rotatable bonds is 3. The molecule has 3 aromatic rings. The third-order valence-corrected chi connectivity index (χ3v) is 7.52. The first-order valence-corrected chi connectivity index (χ1v) is 12.4. The molecular weight excluding hydrogens is 428 g/mol. The van der Waals surface area contributed by atoms with Crippen molar-refractivity contribution in [1.29, 1.82) is 0 Å². The Hall–Kier alpha value is -3.20. The summed E-state index contributed by atoms with van der Waals surface area (Å²) in [5.74, 6) is 1.17. The van der Waals surface area contributed by atoms with Crippen LogP contribution in [0.25, 0.3) is 11.0 Å². The van der Waals surface area contributed by atoms with Crippen LogP contribution in [0.1, 0.15) is 56.4 Å². The van der Waals surface area contributed by atoms with Crippen LogP contribution in [-0.2, 0) is 5.54 Å². The highest BCUT2D eigenvalue weighted by atomic mass is 16.2. The average Bonchev–Trinajstić information content (AvgIpc) is 3.23. The molecule has 1 amide bonds. The minimum Gasteiger partial charge on any atom is -0.367 e. The van der Waals surface area contributed by atoms with Crippen LogP contribution < -0.4 is 20.9 Å². The molecule has 6 rings (SSSR count). The molecule has 0 radical (unpaired) electrons. The third kappa shape index (κ3) is 3.68. The van der Waals surface area contributed by atoms with Crippen molar-refractivity contribution in [3.8, 4) is 0 Å². The molecule has 178 valence electrons. The highest BCUT2D eigenvalue weighted by molar-refractivity contribution is 5.99. The summed E-state index contributed by atoms with van der Waals surface area (Å²) in [6.45, 7) is 7.02. The first-order chi connectivity index (χ1) is 16.5. The Bertz CT molecular complexity index is 1200. The molecule has 5 heterocycles. The lowest BCUT2D eigenvalue weighted by Gasteiger charge is -2.42. The molecule has 34 heavy (non-hydrogen) atoms. The van der Waals surface area contributed by atoms with Gasteiger partial charge in [-0.2, -0.15) is 4.98 Å². The van der Waals surface area contributed by atoms with E-state index in [1.165, 1.54) is 19.3 Å². The van der Waals surface area contributed by atoms with E-state index in [0.717, 1.165) is 42.7 Å². The zero-order valence-electron chi connectivity index (χ0n) is 19.8. The van der Waals surface area contributed by atoms with Crippen LogP contribution in [0.3, 0.4) is 0 Å². The quantitative estimate of drug-likeness (QED) is 0.552. The Balaban J connectivity index is 1.28. The zero-order chi connectivity index (χ0) is 23.3. The van der Waals surface area contributed by atoms with Gasteiger partial charge in [0.25, 0.3) is 5.91 Å². The van der Waals surface area contributed by atoms with Gasteiger partial charge < -0.3 is 25.4 Å². The number of piperazine rings is 1. The van der Waals surface area contributed by atoms with Crippen molar-refractivity contribution in [3.05, 3.63) is 36.3 Å². The molecule has 1 saturated heterocycles. The normalized spacial score (nSPS) is 24.2. The maximum atomic E-state index is 12.6. The number of aromatic nitrogens is 4. The van der Waals surface area contributed by atoms with Gasteiger partial charge in [-0.1, -0.05) is 19.3 Å². The maximum absolute atomic E-state index is 12.6. The van der Waals surface area contributed by atoms with Gasteiger partial charge in [-0.05, 0) is 44.9 Å². The number of anilines is 3. The Morgan fingerprint density at radius 2 is 1.85 bits per heavy atom. The van der Waals surface area contributed by atoms with E-state index in [0.29, 0.717) is 36.1 Å². The van der Waals surface area contributed by atoms with Crippen LogP contribution in [0.4, 0.5) is 17.5 Å². The van der Waals surface area contributed by atoms with Gasteiger partial charge in [0, 0.05) is 43.3 Å². The maximum Gasteiger partial charge on any atom is 0.268 e. The lowest BCUT2D eigenvalue weighted by Crippen LogP contribution is -2.54. The molecular formula is C25H32N8O. The molecule has 0 aromatic carbocycles. The molecule has 9 nitrogen and oxygen atoms in total. The third-order valence-electron chi connectivity index (χ3n) is 7.52. The Morgan fingerprint density at radius 1 is 1.06 bits per heavy atom. The van der Waals surface area contributed by atoms with Gasteiger partial charge >= 0.3 is 0 Å². The fourth-order valence-electron chi connectivity index (χ4n) is 6.02. The highest BCUT2D eigenvalue weighted by Gasteiger charge is 2.41. The van der Waals surface area contributed by atoms with E-state index >= 15 is 0 Å². The van der Waals surface area contributed by atoms with Crippen LogP contribution in [-0.4, -0.2) is 57.1 Å². The van der Waals surface area contributed by atoms with E-state index in [1.807, 2.05) is 18.3 Å². The molecule has 0 bridgehead atoms. The van der Waals surface area contributed by atoms with Crippen molar-refractivity contribution >= 4 is 34.4 Å². The Labute approximate surface area is 199 Å². The summed E-state index contributed by atoms with van der Waals surface area (Å²) in [6, 6.07) is 6.89. The van der Waals surface area contributed by atoms with E-state index in [2.05, 4.69) is 55.3 Å². The molecule has 2 unspecified atom stereocenters. The molecule has 1 aliphatic carbocycles. The Morgan fingerprint density at radius 3 is 2.59 bits per heavy atom. The SMILES string of the molecule is CC1CN(c2ccc(Nc3ncc4cc5n(c4n3)C3(CCCCC3)CNC5=O)nc2)CC(C)N1. The fourth-order valence-corrected chi connectivity index (χ4v) is 6.02. The second-order valence-electron chi connectivity index (χ2n) is 10.2. The number of amides is 1. The van der Waals surface area contributed by atoms with Gasteiger partial charge in [-0.15, -0.1) is 0 Å². The van der Waals surface area contributed by atoms with Crippen LogP contribution in [0.15, 0.2) is 30.6 Å². The molecule has 3 aliphatic rings. The molecule has 2 atom stereocenters. The number of pyridine rings is 1. The molecule has 3 aromatic heterocycles. The first kappa shape index (κ1) is 21.3. The molecule has 3 N–H and O–H groups in total. The van der Waals surface area contributed by atoms with Crippen molar-refractivity contribution in [2.75, 3.05) is 29.9 Å². The fraction of sp³-hybridized carbons (Fsp3) is 0.520. The number of carbonyl (C=O) groups is 1. The lowest BCUT2D eigenvalue weighted by molar-refractivity contribution is 0.0833. The summed E-state index contributed by atoms with van der Waals surface area (Å²) in [4.78, 5) is 29.0. The minimum absolute atomic E-state index is 0.0301. The zero-order valence-corrected chi connectivity index (χ0v) is 19.8. The Kier molecular flexibility index (Phi) is 5.17. The second kappa shape index (κ2) is 8.23. The summed E-state index contributed by atoms with van der Waals surface area (Å²) in [5, 5.41) is 10.8. The smallest absolute Gasteiger partial charge is 0.268 e. The number of hydrogen-bond donors (Lipinski definition) is 3. The van der Waals surface area contributed by atoms with Crippen LogP contribution in [0.5, 0.6) is 0 Å². The van der Waals surface area contributed by atoms with E-state index in [1.54, 1.807) is 6.20 Å². The highest BCUT2D eigenvalue weighted by Crippen LogP contribution is 2.40. The predicted octanol–water partition coefficient (Wildman–Crippen LogP) is 3.16. The first-order valence-electron chi connectivity index (χ1n) is 12.4. The van der Waals surface area contributed by atoms with Gasteiger partial charge in [0.1, 0.15) is 17.2 Å². The number of carbonyl (C=O) groups excluding carboxylic acids is 1. The van der Waals surface area contributed by atoms with Crippen molar-refractivity contribution in [2.45, 2.75) is 63.6 Å². The van der Waals surface area contributed by atoms with Gasteiger partial charge in [-0.25, -0.2) is 9.97 Å². The number of fused-ring (bicyclic) bond motifs is 4. The van der Waals surface area contributed by atoms with Crippen molar-refractivity contribution in [2.24, 2.45) is 0 Å². The lowest BCUT2D eigenvalue weighted by atomic mass is 9.80. The average molecular weight is 461 g/mol. The monoisotopic (exact) mass is 460 g/mol. The van der Waals surface area contributed by atoms with E-state index < -0.39 is 0 Å². The van der Waals surface area contributed by atoms with Crippen LogP contribution in [0, 0.1) is 0 Å². The predicted molar refractivity (Wildman–Crippen MR) is 133 cm³/mol. The summed E-state index contributed by atoms with van der Waals surface area (Å²) < 4.78 is 2.19. The van der Waals surface area contributed by atoms with Gasteiger partial charge in [0.2, 0.25) is 5.95 Å².